The molecule has 1 heterocycles. The molecular formula is C14H20N2OS. The van der Waals surface area contributed by atoms with Crippen molar-refractivity contribution in [3.63, 3.8) is 0 Å². The number of para-hydroxylation sites is 1. The molecular weight excluding hydrogens is 244 g/mol. The van der Waals surface area contributed by atoms with Crippen LogP contribution in [-0.4, -0.2) is 30.8 Å². The van der Waals surface area contributed by atoms with E-state index >= 15 is 0 Å². The molecule has 2 unspecified atom stereocenters. The van der Waals surface area contributed by atoms with Gasteiger partial charge in [0.25, 0.3) is 0 Å². The van der Waals surface area contributed by atoms with E-state index in [1.165, 1.54) is 5.69 Å². The molecule has 3 nitrogen and oxygen atoms in total. The molecule has 1 aliphatic heterocycles. The lowest BCUT2D eigenvalue weighted by atomic mass is 10.0. The Morgan fingerprint density at radius 2 is 2.17 bits per heavy atom. The van der Waals surface area contributed by atoms with E-state index in [4.69, 9.17) is 0 Å². The van der Waals surface area contributed by atoms with Crippen LogP contribution in [-0.2, 0) is 4.79 Å². The second kappa shape index (κ2) is 6.14. The number of benzene rings is 1. The van der Waals surface area contributed by atoms with Gasteiger partial charge in [0, 0.05) is 30.6 Å². The van der Waals surface area contributed by atoms with E-state index in [0.717, 1.165) is 13.0 Å². The van der Waals surface area contributed by atoms with Gasteiger partial charge in [-0.15, -0.1) is 0 Å². The number of carbonyl (C=O) groups excluding carboxylic acids is 1. The largest absolute Gasteiger partial charge is 0.368 e. The molecule has 18 heavy (non-hydrogen) atoms. The predicted molar refractivity (Wildman–Crippen MR) is 78.2 cm³/mol. The fourth-order valence-corrected chi connectivity index (χ4v) is 2.70. The monoisotopic (exact) mass is 264 g/mol. The van der Waals surface area contributed by atoms with Gasteiger partial charge in [0.2, 0.25) is 5.91 Å². The number of carbonyl (C=O) groups is 1. The van der Waals surface area contributed by atoms with Crippen LogP contribution in [0.5, 0.6) is 0 Å². The van der Waals surface area contributed by atoms with E-state index in [1.54, 1.807) is 0 Å². The first-order valence-electron chi connectivity index (χ1n) is 6.44. The van der Waals surface area contributed by atoms with Gasteiger partial charge in [-0.05, 0) is 25.5 Å². The van der Waals surface area contributed by atoms with Crippen molar-refractivity contribution in [3.8, 4) is 0 Å². The lowest BCUT2D eigenvalue weighted by Gasteiger charge is -2.26. The van der Waals surface area contributed by atoms with Crippen LogP contribution in [0.25, 0.3) is 0 Å². The summed E-state index contributed by atoms with van der Waals surface area (Å²) in [5.74, 6) is 0.940. The average Bonchev–Trinajstić information content (AvgIpc) is 2.79. The summed E-state index contributed by atoms with van der Waals surface area (Å²) in [7, 11) is 0. The third kappa shape index (κ3) is 2.80. The van der Waals surface area contributed by atoms with Crippen molar-refractivity contribution in [1.82, 2.24) is 5.32 Å². The molecule has 0 aromatic heterocycles. The van der Waals surface area contributed by atoms with Gasteiger partial charge < -0.3 is 10.2 Å². The molecule has 1 aliphatic rings. The topological polar surface area (TPSA) is 32.3 Å². The fraction of sp³-hybridized carbons (Fsp3) is 0.500. The SMILES string of the molecule is CC1C(C(=O)NCCS)CCN1c1ccccc1. The molecule has 4 heteroatoms. The van der Waals surface area contributed by atoms with Gasteiger partial charge in [0.15, 0.2) is 0 Å². The van der Waals surface area contributed by atoms with Gasteiger partial charge >= 0.3 is 0 Å². The maximum Gasteiger partial charge on any atom is 0.225 e. The summed E-state index contributed by atoms with van der Waals surface area (Å²) in [6, 6.07) is 10.6. The average molecular weight is 264 g/mol. The minimum atomic E-state index is 0.0880. The first-order chi connectivity index (χ1) is 8.74. The molecule has 0 bridgehead atoms. The predicted octanol–water partition coefficient (Wildman–Crippen LogP) is 1.95. The first kappa shape index (κ1) is 13.3. The van der Waals surface area contributed by atoms with Crippen molar-refractivity contribution in [2.75, 3.05) is 23.7 Å². The maximum absolute atomic E-state index is 12.0. The van der Waals surface area contributed by atoms with Crippen LogP contribution in [0.2, 0.25) is 0 Å². The molecule has 1 fully saturated rings. The fourth-order valence-electron chi connectivity index (χ4n) is 2.58. The van der Waals surface area contributed by atoms with Crippen LogP contribution in [0.3, 0.4) is 0 Å². The second-order valence-corrected chi connectivity index (χ2v) is 5.13. The van der Waals surface area contributed by atoms with E-state index in [0.29, 0.717) is 12.3 Å². The summed E-state index contributed by atoms with van der Waals surface area (Å²) in [6.07, 6.45) is 0.925. The van der Waals surface area contributed by atoms with Crippen LogP contribution in [0.4, 0.5) is 5.69 Å². The van der Waals surface area contributed by atoms with E-state index in [1.807, 2.05) is 18.2 Å². The molecule has 2 rings (SSSR count). The lowest BCUT2D eigenvalue weighted by Crippen LogP contribution is -2.39. The number of anilines is 1. The molecule has 1 aromatic rings. The number of hydrogen-bond donors (Lipinski definition) is 2. The Hall–Kier alpha value is -1.16. The number of nitrogens with one attached hydrogen (secondary N) is 1. The molecule has 0 radical (unpaired) electrons. The van der Waals surface area contributed by atoms with Crippen molar-refractivity contribution in [1.29, 1.82) is 0 Å². The summed E-state index contributed by atoms with van der Waals surface area (Å²) in [6.45, 7) is 3.73. The van der Waals surface area contributed by atoms with Gasteiger partial charge in [-0.1, -0.05) is 18.2 Å². The van der Waals surface area contributed by atoms with Crippen molar-refractivity contribution < 1.29 is 4.79 Å². The summed E-state index contributed by atoms with van der Waals surface area (Å²) in [4.78, 5) is 14.3. The maximum atomic E-state index is 12.0. The van der Waals surface area contributed by atoms with Crippen LogP contribution in [0.15, 0.2) is 30.3 Å². The number of rotatable bonds is 4. The summed E-state index contributed by atoms with van der Waals surface area (Å²) in [5.41, 5.74) is 1.20. The van der Waals surface area contributed by atoms with Crippen molar-refractivity contribution in [3.05, 3.63) is 30.3 Å². The highest BCUT2D eigenvalue weighted by molar-refractivity contribution is 7.80. The normalized spacial score (nSPS) is 23.1. The Balaban J connectivity index is 2.01. The zero-order valence-electron chi connectivity index (χ0n) is 10.7. The molecule has 0 aliphatic carbocycles. The zero-order chi connectivity index (χ0) is 13.0. The van der Waals surface area contributed by atoms with Gasteiger partial charge in [0.1, 0.15) is 0 Å². The van der Waals surface area contributed by atoms with Gasteiger partial charge in [-0.25, -0.2) is 0 Å². The van der Waals surface area contributed by atoms with Crippen LogP contribution in [0.1, 0.15) is 13.3 Å². The van der Waals surface area contributed by atoms with Crippen molar-refractivity contribution in [2.24, 2.45) is 5.92 Å². The minimum Gasteiger partial charge on any atom is -0.368 e. The third-order valence-electron chi connectivity index (χ3n) is 3.59. The Morgan fingerprint density at radius 1 is 1.44 bits per heavy atom. The standard InChI is InChI=1S/C14H20N2OS/c1-11-13(14(17)15-8-10-18)7-9-16(11)12-5-3-2-4-6-12/h2-6,11,13,18H,7-10H2,1H3,(H,15,17). The number of hydrogen-bond acceptors (Lipinski definition) is 3. The van der Waals surface area contributed by atoms with Crippen LogP contribution >= 0.6 is 12.6 Å². The Labute approximate surface area is 114 Å². The molecule has 98 valence electrons. The Kier molecular flexibility index (Phi) is 4.53. The smallest absolute Gasteiger partial charge is 0.225 e. The Morgan fingerprint density at radius 3 is 2.83 bits per heavy atom. The highest BCUT2D eigenvalue weighted by Gasteiger charge is 2.35. The van der Waals surface area contributed by atoms with Crippen molar-refractivity contribution in [2.45, 2.75) is 19.4 Å². The highest BCUT2D eigenvalue weighted by Crippen LogP contribution is 2.29. The zero-order valence-corrected chi connectivity index (χ0v) is 11.6. The molecule has 1 saturated heterocycles. The van der Waals surface area contributed by atoms with Crippen LogP contribution in [0, 0.1) is 5.92 Å². The van der Waals surface area contributed by atoms with Crippen molar-refractivity contribution >= 4 is 24.2 Å². The van der Waals surface area contributed by atoms with Gasteiger partial charge in [-0.3, -0.25) is 4.79 Å². The minimum absolute atomic E-state index is 0.0880. The number of amides is 1. The van der Waals surface area contributed by atoms with Gasteiger partial charge in [-0.2, -0.15) is 12.6 Å². The van der Waals surface area contributed by atoms with E-state index in [-0.39, 0.29) is 17.9 Å². The van der Waals surface area contributed by atoms with E-state index in [9.17, 15) is 4.79 Å². The van der Waals surface area contributed by atoms with Crippen LogP contribution < -0.4 is 10.2 Å². The van der Waals surface area contributed by atoms with E-state index in [2.05, 4.69) is 41.9 Å². The molecule has 0 saturated carbocycles. The lowest BCUT2D eigenvalue weighted by molar-refractivity contribution is -0.124. The summed E-state index contributed by atoms with van der Waals surface area (Å²) < 4.78 is 0. The Bertz CT molecular complexity index is 396. The molecule has 1 aromatic carbocycles. The van der Waals surface area contributed by atoms with Gasteiger partial charge in [0.05, 0.1) is 5.92 Å². The summed E-state index contributed by atoms with van der Waals surface area (Å²) in [5, 5.41) is 2.93. The molecule has 2 atom stereocenters. The first-order valence-corrected chi connectivity index (χ1v) is 7.07. The second-order valence-electron chi connectivity index (χ2n) is 4.68. The molecule has 0 spiro atoms. The molecule has 1 N–H and O–H groups in total. The van der Waals surface area contributed by atoms with E-state index < -0.39 is 0 Å². The molecule has 1 amide bonds. The number of thiol groups is 1. The quantitative estimate of drug-likeness (QED) is 0.815. The third-order valence-corrected chi connectivity index (χ3v) is 3.81. The highest BCUT2D eigenvalue weighted by atomic mass is 32.1. The summed E-state index contributed by atoms with van der Waals surface area (Å²) >= 11 is 4.11. The number of nitrogens with zero attached hydrogens (tertiary/aromatic N) is 1.